The van der Waals surface area contributed by atoms with Crippen LogP contribution in [0.2, 0.25) is 0 Å². The van der Waals surface area contributed by atoms with Gasteiger partial charge in [0.15, 0.2) is 5.76 Å². The molecule has 0 saturated heterocycles. The molecule has 0 bridgehead atoms. The zero-order valence-electron chi connectivity index (χ0n) is 9.68. The summed E-state index contributed by atoms with van der Waals surface area (Å²) in [6, 6.07) is 9.73. The fourth-order valence-electron chi connectivity index (χ4n) is 1.81. The minimum Gasteiger partial charge on any atom is -0.461 e. The van der Waals surface area contributed by atoms with Crippen LogP contribution >= 0.6 is 15.9 Å². The van der Waals surface area contributed by atoms with Crippen molar-refractivity contribution in [2.45, 2.75) is 6.92 Å². The van der Waals surface area contributed by atoms with Gasteiger partial charge in [0.1, 0.15) is 0 Å². The van der Waals surface area contributed by atoms with E-state index in [-0.39, 0.29) is 0 Å². The molecule has 0 aliphatic carbocycles. The van der Waals surface area contributed by atoms with Gasteiger partial charge in [-0.25, -0.2) is 5.01 Å². The molecule has 0 fully saturated rings. The summed E-state index contributed by atoms with van der Waals surface area (Å²) in [7, 11) is 0. The van der Waals surface area contributed by atoms with Gasteiger partial charge in [-0.05, 0) is 42.8 Å². The number of nitrogens with one attached hydrogen (secondary N) is 1. The Hall–Kier alpha value is -1.72. The average molecular weight is 307 g/mol. The summed E-state index contributed by atoms with van der Waals surface area (Å²) in [6.07, 6.45) is 3.47. The number of hydrogen-bond acceptors (Lipinski definition) is 4. The van der Waals surface area contributed by atoms with Gasteiger partial charge in [0.05, 0.1) is 18.2 Å². The predicted molar refractivity (Wildman–Crippen MR) is 72.3 cm³/mol. The molecule has 0 amide bonds. The highest BCUT2D eigenvalue weighted by Gasteiger charge is 2.19. The van der Waals surface area contributed by atoms with Crippen LogP contribution in [0.3, 0.4) is 0 Å². The van der Waals surface area contributed by atoms with Gasteiger partial charge in [0, 0.05) is 4.47 Å². The van der Waals surface area contributed by atoms with Gasteiger partial charge >= 0.3 is 0 Å². The molecule has 1 N–H and O–H groups in total. The van der Waals surface area contributed by atoms with Crippen LogP contribution in [0.1, 0.15) is 11.3 Å². The molecular formula is C13H11BrN2O2. The highest BCUT2D eigenvalue weighted by atomic mass is 79.9. The molecule has 0 saturated carbocycles. The first-order chi connectivity index (χ1) is 8.74. The number of benzene rings is 1. The predicted octanol–water partition coefficient (Wildman–Crippen LogP) is 3.61. The Bertz CT molecular complexity index is 593. The van der Waals surface area contributed by atoms with E-state index in [4.69, 9.17) is 9.25 Å². The van der Waals surface area contributed by atoms with Gasteiger partial charge in [-0.3, -0.25) is 0 Å². The average Bonchev–Trinajstić information content (AvgIpc) is 2.99. The van der Waals surface area contributed by atoms with Gasteiger partial charge in [0.25, 0.3) is 0 Å². The molecule has 1 aliphatic rings. The van der Waals surface area contributed by atoms with Crippen molar-refractivity contribution >= 4 is 27.4 Å². The fraction of sp³-hybridized carbons (Fsp3) is 0.0769. The lowest BCUT2D eigenvalue weighted by Crippen LogP contribution is -2.27. The van der Waals surface area contributed by atoms with E-state index in [9.17, 15) is 0 Å². The standard InChI is InChI=1S/C13H11BrN2O2/c1-9-7-10(14)4-5-11(9)16-8-13(18-15-16)12-3-2-6-17-12/h2-8,15H,1H3. The Morgan fingerprint density at radius 1 is 1.28 bits per heavy atom. The first kappa shape index (κ1) is 11.4. The minimum absolute atomic E-state index is 0.655. The quantitative estimate of drug-likeness (QED) is 0.920. The summed E-state index contributed by atoms with van der Waals surface area (Å²) < 4.78 is 6.34. The van der Waals surface area contributed by atoms with Crippen LogP contribution in [0.15, 0.2) is 51.7 Å². The molecule has 1 aromatic carbocycles. The molecule has 92 valence electrons. The number of rotatable bonds is 2. The van der Waals surface area contributed by atoms with Crippen molar-refractivity contribution < 1.29 is 9.25 Å². The third-order valence-electron chi connectivity index (χ3n) is 2.68. The van der Waals surface area contributed by atoms with Gasteiger partial charge in [-0.1, -0.05) is 21.5 Å². The van der Waals surface area contributed by atoms with Crippen LogP contribution in [0.4, 0.5) is 5.69 Å². The lowest BCUT2D eigenvalue weighted by atomic mass is 10.2. The molecule has 0 spiro atoms. The van der Waals surface area contributed by atoms with E-state index >= 15 is 0 Å². The van der Waals surface area contributed by atoms with E-state index in [2.05, 4.69) is 27.6 Å². The molecule has 0 radical (unpaired) electrons. The third kappa shape index (κ3) is 2.02. The minimum atomic E-state index is 0.655. The molecule has 18 heavy (non-hydrogen) atoms. The van der Waals surface area contributed by atoms with Gasteiger partial charge in [-0.15, -0.1) is 0 Å². The molecule has 2 aromatic rings. The number of anilines is 1. The Labute approximate surface area is 113 Å². The second kappa shape index (κ2) is 4.51. The van der Waals surface area contributed by atoms with E-state index in [1.165, 1.54) is 0 Å². The summed E-state index contributed by atoms with van der Waals surface area (Å²) in [5.41, 5.74) is 5.00. The first-order valence-corrected chi connectivity index (χ1v) is 6.27. The molecule has 3 rings (SSSR count). The van der Waals surface area contributed by atoms with Crippen molar-refractivity contribution in [3.63, 3.8) is 0 Å². The van der Waals surface area contributed by atoms with E-state index in [0.29, 0.717) is 11.5 Å². The van der Waals surface area contributed by atoms with Crippen molar-refractivity contribution in [2.24, 2.45) is 0 Å². The fourth-order valence-corrected chi connectivity index (χ4v) is 2.28. The summed E-state index contributed by atoms with van der Waals surface area (Å²) in [6.45, 7) is 2.04. The number of hydrazine groups is 1. The van der Waals surface area contributed by atoms with Crippen LogP contribution in [-0.4, -0.2) is 0 Å². The lowest BCUT2D eigenvalue weighted by Gasteiger charge is -2.16. The Kier molecular flexibility index (Phi) is 2.85. The van der Waals surface area contributed by atoms with Gasteiger partial charge < -0.3 is 9.25 Å². The van der Waals surface area contributed by atoms with Crippen molar-refractivity contribution in [3.05, 3.63) is 58.6 Å². The maximum atomic E-state index is 5.38. The smallest absolute Gasteiger partial charge is 0.209 e. The second-order valence-electron chi connectivity index (χ2n) is 3.96. The van der Waals surface area contributed by atoms with Crippen molar-refractivity contribution in [1.29, 1.82) is 0 Å². The zero-order valence-corrected chi connectivity index (χ0v) is 11.3. The molecule has 5 heteroatoms. The van der Waals surface area contributed by atoms with E-state index in [0.717, 1.165) is 15.7 Å². The molecular weight excluding hydrogens is 296 g/mol. The summed E-state index contributed by atoms with van der Waals surface area (Å²) in [4.78, 5) is 5.38. The summed E-state index contributed by atoms with van der Waals surface area (Å²) >= 11 is 3.45. The monoisotopic (exact) mass is 306 g/mol. The molecule has 1 aromatic heterocycles. The maximum Gasteiger partial charge on any atom is 0.209 e. The summed E-state index contributed by atoms with van der Waals surface area (Å²) in [5, 5.41) is 1.82. The van der Waals surface area contributed by atoms with Crippen LogP contribution in [0.5, 0.6) is 0 Å². The highest BCUT2D eigenvalue weighted by Crippen LogP contribution is 2.28. The third-order valence-corrected chi connectivity index (χ3v) is 3.18. The van der Waals surface area contributed by atoms with E-state index in [1.54, 1.807) is 6.26 Å². The summed E-state index contributed by atoms with van der Waals surface area (Å²) in [5.74, 6) is 1.35. The molecule has 4 nitrogen and oxygen atoms in total. The second-order valence-corrected chi connectivity index (χ2v) is 4.88. The van der Waals surface area contributed by atoms with Crippen LogP contribution in [-0.2, 0) is 4.84 Å². The maximum absolute atomic E-state index is 5.38. The Morgan fingerprint density at radius 3 is 2.89 bits per heavy atom. The Balaban J connectivity index is 1.91. The molecule has 2 heterocycles. The van der Waals surface area contributed by atoms with Crippen molar-refractivity contribution in [1.82, 2.24) is 5.59 Å². The number of halogens is 1. The Morgan fingerprint density at radius 2 is 2.17 bits per heavy atom. The first-order valence-electron chi connectivity index (χ1n) is 5.47. The van der Waals surface area contributed by atoms with Crippen LogP contribution in [0, 0.1) is 6.92 Å². The van der Waals surface area contributed by atoms with Gasteiger partial charge in [0.2, 0.25) is 5.76 Å². The van der Waals surface area contributed by atoms with E-state index < -0.39 is 0 Å². The SMILES string of the molecule is Cc1cc(Br)ccc1N1C=C(c2ccco2)ON1. The zero-order chi connectivity index (χ0) is 12.5. The number of furan rings is 1. The van der Waals surface area contributed by atoms with Crippen LogP contribution < -0.4 is 10.6 Å². The highest BCUT2D eigenvalue weighted by molar-refractivity contribution is 9.10. The molecule has 0 unspecified atom stereocenters. The van der Waals surface area contributed by atoms with Crippen molar-refractivity contribution in [2.75, 3.05) is 5.01 Å². The van der Waals surface area contributed by atoms with E-state index in [1.807, 2.05) is 42.4 Å². The molecule has 0 atom stereocenters. The largest absolute Gasteiger partial charge is 0.461 e. The number of hydrogen-bond donors (Lipinski definition) is 1. The lowest BCUT2D eigenvalue weighted by molar-refractivity contribution is 0.175. The topological polar surface area (TPSA) is 37.6 Å². The van der Waals surface area contributed by atoms with Crippen molar-refractivity contribution in [3.8, 4) is 0 Å². The van der Waals surface area contributed by atoms with Crippen LogP contribution in [0.25, 0.3) is 5.76 Å². The number of aryl methyl sites for hydroxylation is 1. The molecule has 1 aliphatic heterocycles. The van der Waals surface area contributed by atoms with Gasteiger partial charge in [-0.2, -0.15) is 0 Å². The number of nitrogens with zero attached hydrogens (tertiary/aromatic N) is 1. The normalized spacial score (nSPS) is 14.6.